The first-order valence-electron chi connectivity index (χ1n) is 10.3. The van der Waals surface area contributed by atoms with E-state index < -0.39 is 0 Å². The minimum Gasteiger partial charge on any atom is -0.486 e. The van der Waals surface area contributed by atoms with Crippen LogP contribution in [0.4, 0.5) is 5.69 Å². The monoisotopic (exact) mass is 468 g/mol. The largest absolute Gasteiger partial charge is 0.486 e. The van der Waals surface area contributed by atoms with E-state index in [1.54, 1.807) is 0 Å². The van der Waals surface area contributed by atoms with Gasteiger partial charge in [-0.15, -0.1) is 10.2 Å². The Bertz CT molecular complexity index is 1180. The summed E-state index contributed by atoms with van der Waals surface area (Å²) >= 11 is 2.49. The van der Waals surface area contributed by atoms with Crippen molar-refractivity contribution in [3.8, 4) is 5.75 Å². The van der Waals surface area contributed by atoms with Crippen LogP contribution >= 0.6 is 23.5 Å². The van der Waals surface area contributed by atoms with Gasteiger partial charge < -0.3 is 14.6 Å². The fourth-order valence-electron chi connectivity index (χ4n) is 3.03. The Hall–Kier alpha value is -2.98. The molecule has 0 atom stereocenters. The number of thioether (sulfide) groups is 1. The van der Waals surface area contributed by atoms with Gasteiger partial charge in [-0.25, -0.2) is 0 Å². The Balaban J connectivity index is 1.41. The maximum atomic E-state index is 12.6. The Labute approximate surface area is 194 Å². The van der Waals surface area contributed by atoms with Crippen LogP contribution in [-0.4, -0.2) is 35.2 Å². The minimum absolute atomic E-state index is 0.129. The topological polar surface area (TPSA) is 94.8 Å². The highest BCUT2D eigenvalue weighted by Crippen LogP contribution is 2.23. The zero-order valence-electron chi connectivity index (χ0n) is 17.9. The van der Waals surface area contributed by atoms with Crippen LogP contribution < -0.4 is 10.1 Å². The van der Waals surface area contributed by atoms with E-state index in [0.717, 1.165) is 41.8 Å². The molecule has 1 amide bonds. The summed E-state index contributed by atoms with van der Waals surface area (Å²) in [6.07, 6.45) is 0.981. The molecule has 2 aromatic heterocycles. The molecule has 4 rings (SSSR count). The van der Waals surface area contributed by atoms with Crippen molar-refractivity contribution in [2.45, 2.75) is 38.6 Å². The van der Waals surface area contributed by atoms with Gasteiger partial charge in [-0.05, 0) is 36.6 Å². The predicted molar refractivity (Wildman–Crippen MR) is 127 cm³/mol. The molecule has 2 heterocycles. The molecular formula is C22H24N6O2S2. The number of aromatic nitrogens is 5. The van der Waals surface area contributed by atoms with Crippen LogP contribution in [-0.2, 0) is 17.9 Å². The lowest BCUT2D eigenvalue weighted by molar-refractivity contribution is -0.113. The second-order valence-electron chi connectivity index (χ2n) is 7.61. The lowest BCUT2D eigenvalue weighted by Crippen LogP contribution is -2.15. The first-order valence-corrected chi connectivity index (χ1v) is 12.1. The molecule has 0 fully saturated rings. The quantitative estimate of drug-likeness (QED) is 0.339. The van der Waals surface area contributed by atoms with Crippen LogP contribution in [0.5, 0.6) is 5.75 Å². The number of anilines is 1. The Morgan fingerprint density at radius 3 is 2.78 bits per heavy atom. The predicted octanol–water partition coefficient (Wildman–Crippen LogP) is 4.64. The first kappa shape index (κ1) is 22.2. The fourth-order valence-corrected chi connectivity index (χ4v) is 4.37. The summed E-state index contributed by atoms with van der Waals surface area (Å²) < 4.78 is 16.4. The number of carbonyl (C=O) groups excluding carboxylic acids is 1. The standard InChI is InChI=1S/C22H24N6O2S2/c1-15(2)11-12-28-19(13-30-16-7-4-3-5-8-16)24-25-22(28)31-14-20(29)23-17-9-6-10-18-21(17)27-32-26-18/h3-10,15H,11-14H2,1-2H3,(H,23,29). The van der Waals surface area contributed by atoms with Crippen molar-refractivity contribution in [2.24, 2.45) is 5.92 Å². The minimum atomic E-state index is -0.129. The van der Waals surface area contributed by atoms with E-state index in [9.17, 15) is 4.79 Å². The van der Waals surface area contributed by atoms with Gasteiger partial charge in [0.2, 0.25) is 5.91 Å². The molecule has 0 bridgehead atoms. The molecule has 4 aromatic rings. The van der Waals surface area contributed by atoms with Gasteiger partial charge >= 0.3 is 0 Å². The van der Waals surface area contributed by atoms with Gasteiger partial charge in [0.05, 0.1) is 23.2 Å². The molecule has 0 aliphatic heterocycles. The average Bonchev–Trinajstić information content (AvgIpc) is 3.43. The lowest BCUT2D eigenvalue weighted by Gasteiger charge is -2.12. The van der Waals surface area contributed by atoms with E-state index in [4.69, 9.17) is 4.74 Å². The van der Waals surface area contributed by atoms with Crippen molar-refractivity contribution >= 4 is 46.1 Å². The molecule has 0 spiro atoms. The van der Waals surface area contributed by atoms with Gasteiger partial charge in [0.25, 0.3) is 0 Å². The molecule has 0 saturated heterocycles. The summed E-state index contributed by atoms with van der Waals surface area (Å²) in [6.45, 7) is 5.45. The lowest BCUT2D eigenvalue weighted by atomic mass is 10.1. The van der Waals surface area contributed by atoms with Crippen LogP contribution in [0.1, 0.15) is 26.1 Å². The molecule has 0 aliphatic carbocycles. The third-order valence-corrected chi connectivity index (χ3v) is 6.24. The first-order chi connectivity index (χ1) is 15.6. The number of nitrogens with one attached hydrogen (secondary N) is 1. The van der Waals surface area contributed by atoms with Gasteiger partial charge in [0.1, 0.15) is 23.4 Å². The van der Waals surface area contributed by atoms with Crippen molar-refractivity contribution < 1.29 is 9.53 Å². The number of para-hydroxylation sites is 1. The van der Waals surface area contributed by atoms with Crippen molar-refractivity contribution in [3.63, 3.8) is 0 Å². The van der Waals surface area contributed by atoms with Crippen molar-refractivity contribution in [2.75, 3.05) is 11.1 Å². The van der Waals surface area contributed by atoms with Gasteiger partial charge in [-0.3, -0.25) is 4.79 Å². The van der Waals surface area contributed by atoms with Crippen molar-refractivity contribution in [3.05, 3.63) is 54.4 Å². The van der Waals surface area contributed by atoms with Gasteiger partial charge in [0.15, 0.2) is 11.0 Å². The van der Waals surface area contributed by atoms with E-state index in [2.05, 4.69) is 38.1 Å². The molecule has 2 aromatic carbocycles. The normalized spacial score (nSPS) is 11.2. The van der Waals surface area contributed by atoms with Gasteiger partial charge in [-0.1, -0.05) is 49.9 Å². The molecule has 0 saturated carbocycles. The summed E-state index contributed by atoms with van der Waals surface area (Å²) in [5.41, 5.74) is 2.15. The number of fused-ring (bicyclic) bond motifs is 1. The molecule has 1 N–H and O–H groups in total. The molecule has 0 unspecified atom stereocenters. The van der Waals surface area contributed by atoms with Crippen LogP contribution in [0, 0.1) is 5.92 Å². The number of amides is 1. The zero-order valence-corrected chi connectivity index (χ0v) is 19.5. The second-order valence-corrected chi connectivity index (χ2v) is 9.08. The number of benzene rings is 2. The molecule has 0 radical (unpaired) electrons. The van der Waals surface area contributed by atoms with Crippen molar-refractivity contribution in [1.29, 1.82) is 0 Å². The van der Waals surface area contributed by atoms with E-state index in [0.29, 0.717) is 28.9 Å². The smallest absolute Gasteiger partial charge is 0.234 e. The maximum Gasteiger partial charge on any atom is 0.234 e. The zero-order chi connectivity index (χ0) is 22.3. The maximum absolute atomic E-state index is 12.6. The summed E-state index contributed by atoms with van der Waals surface area (Å²) in [5.74, 6) is 2.15. The highest BCUT2D eigenvalue weighted by atomic mass is 32.2. The van der Waals surface area contributed by atoms with Gasteiger partial charge in [0, 0.05) is 6.54 Å². The van der Waals surface area contributed by atoms with Crippen molar-refractivity contribution in [1.82, 2.24) is 23.5 Å². The summed E-state index contributed by atoms with van der Waals surface area (Å²) in [7, 11) is 0. The molecule has 10 heteroatoms. The second kappa shape index (κ2) is 10.6. The number of hydrogen-bond donors (Lipinski definition) is 1. The molecule has 32 heavy (non-hydrogen) atoms. The Kier molecular flexibility index (Phi) is 7.33. The highest BCUT2D eigenvalue weighted by molar-refractivity contribution is 7.99. The fraction of sp³-hybridized carbons (Fsp3) is 0.318. The van der Waals surface area contributed by atoms with Crippen LogP contribution in [0.2, 0.25) is 0 Å². The van der Waals surface area contributed by atoms with E-state index in [1.807, 2.05) is 53.1 Å². The van der Waals surface area contributed by atoms with Gasteiger partial charge in [-0.2, -0.15) is 8.75 Å². The summed E-state index contributed by atoms with van der Waals surface area (Å²) in [6, 6.07) is 15.2. The highest BCUT2D eigenvalue weighted by Gasteiger charge is 2.16. The average molecular weight is 469 g/mol. The molecule has 166 valence electrons. The summed E-state index contributed by atoms with van der Waals surface area (Å²) in [5, 5.41) is 12.3. The number of ether oxygens (including phenoxy) is 1. The number of nitrogens with zero attached hydrogens (tertiary/aromatic N) is 5. The van der Waals surface area contributed by atoms with E-state index in [1.165, 1.54) is 11.8 Å². The van der Waals surface area contributed by atoms with Crippen LogP contribution in [0.25, 0.3) is 11.0 Å². The summed E-state index contributed by atoms with van der Waals surface area (Å²) in [4.78, 5) is 12.6. The molecular weight excluding hydrogens is 444 g/mol. The van der Waals surface area contributed by atoms with Crippen LogP contribution in [0.3, 0.4) is 0 Å². The Morgan fingerprint density at radius 2 is 1.97 bits per heavy atom. The SMILES string of the molecule is CC(C)CCn1c(COc2ccccc2)nnc1SCC(=O)Nc1cccc2nsnc12. The van der Waals surface area contributed by atoms with E-state index in [-0.39, 0.29) is 11.7 Å². The number of hydrogen-bond acceptors (Lipinski definition) is 8. The van der Waals surface area contributed by atoms with E-state index >= 15 is 0 Å². The molecule has 8 nitrogen and oxygen atoms in total. The number of carbonyl (C=O) groups is 1. The third-order valence-electron chi connectivity index (χ3n) is 4.73. The Morgan fingerprint density at radius 1 is 1.12 bits per heavy atom. The molecule has 0 aliphatic rings. The third kappa shape index (κ3) is 5.63. The number of rotatable bonds is 10. The van der Waals surface area contributed by atoms with Crippen LogP contribution in [0.15, 0.2) is 53.7 Å².